The van der Waals surface area contributed by atoms with Gasteiger partial charge in [-0.3, -0.25) is 4.79 Å². The maximum Gasteiger partial charge on any atom is 0.326 e. The molecule has 1 amide bonds. The standard InChI is InChI=1S/C14H19N3O5S/c1-9(13(18)17-8-4-6-11(17)14(19)20)16-23(21,22)12-7-3-2-5-10(12)15/h2-3,5,7,9,11,16H,4,6,8,15H2,1H3,(H,19,20)/t9-,11-/m0/s1. The van der Waals surface area contributed by atoms with Crippen molar-refractivity contribution in [3.8, 4) is 0 Å². The molecule has 1 aliphatic rings. The molecule has 0 saturated carbocycles. The summed E-state index contributed by atoms with van der Waals surface area (Å²) >= 11 is 0. The number of nitrogens with two attached hydrogens (primary N) is 1. The van der Waals surface area contributed by atoms with Gasteiger partial charge in [0, 0.05) is 6.54 Å². The highest BCUT2D eigenvalue weighted by atomic mass is 32.2. The molecular weight excluding hydrogens is 322 g/mol. The van der Waals surface area contributed by atoms with E-state index < -0.39 is 34.0 Å². The number of aliphatic carboxylic acids is 1. The minimum Gasteiger partial charge on any atom is -0.480 e. The Labute approximate surface area is 134 Å². The van der Waals surface area contributed by atoms with Gasteiger partial charge in [0.2, 0.25) is 15.9 Å². The van der Waals surface area contributed by atoms with Crippen LogP contribution in [0.2, 0.25) is 0 Å². The van der Waals surface area contributed by atoms with Gasteiger partial charge in [0.15, 0.2) is 0 Å². The van der Waals surface area contributed by atoms with E-state index in [0.29, 0.717) is 19.4 Å². The molecule has 8 nitrogen and oxygen atoms in total. The van der Waals surface area contributed by atoms with Crippen LogP contribution in [0.15, 0.2) is 29.2 Å². The second kappa shape index (κ2) is 6.55. The van der Waals surface area contributed by atoms with Crippen LogP contribution < -0.4 is 10.5 Å². The van der Waals surface area contributed by atoms with Gasteiger partial charge in [0.05, 0.1) is 11.7 Å². The molecule has 1 aromatic carbocycles. The number of hydrogen-bond acceptors (Lipinski definition) is 5. The fraction of sp³-hybridized carbons (Fsp3) is 0.429. The molecule has 0 aromatic heterocycles. The monoisotopic (exact) mass is 341 g/mol. The number of anilines is 1. The smallest absolute Gasteiger partial charge is 0.326 e. The summed E-state index contributed by atoms with van der Waals surface area (Å²) < 4.78 is 26.9. The van der Waals surface area contributed by atoms with Gasteiger partial charge in [-0.15, -0.1) is 0 Å². The SMILES string of the molecule is C[C@H](NS(=O)(=O)c1ccccc1N)C(=O)N1CCC[C@H]1C(=O)O. The Balaban J connectivity index is 2.15. The van der Waals surface area contributed by atoms with Crippen LogP contribution in [0.1, 0.15) is 19.8 Å². The van der Waals surface area contributed by atoms with E-state index >= 15 is 0 Å². The first-order valence-electron chi connectivity index (χ1n) is 7.14. The number of likely N-dealkylation sites (tertiary alicyclic amines) is 1. The molecular formula is C14H19N3O5S. The number of carbonyl (C=O) groups is 2. The molecule has 0 spiro atoms. The van der Waals surface area contributed by atoms with Crippen molar-refractivity contribution in [3.05, 3.63) is 24.3 Å². The van der Waals surface area contributed by atoms with Gasteiger partial charge in [-0.2, -0.15) is 4.72 Å². The summed E-state index contributed by atoms with van der Waals surface area (Å²) in [6.45, 7) is 1.69. The third kappa shape index (κ3) is 3.62. The first-order valence-corrected chi connectivity index (χ1v) is 8.62. The first-order chi connectivity index (χ1) is 10.7. The van der Waals surface area contributed by atoms with E-state index in [2.05, 4.69) is 4.72 Å². The fourth-order valence-corrected chi connectivity index (χ4v) is 3.94. The second-order valence-corrected chi connectivity index (χ2v) is 7.09. The maximum absolute atomic E-state index is 12.4. The van der Waals surface area contributed by atoms with E-state index in [1.165, 1.54) is 30.0 Å². The van der Waals surface area contributed by atoms with E-state index in [1.807, 2.05) is 0 Å². The predicted octanol–water partition coefficient (Wildman–Crippen LogP) is 0.0112. The predicted molar refractivity (Wildman–Crippen MR) is 83.0 cm³/mol. The Morgan fingerprint density at radius 2 is 2.04 bits per heavy atom. The van der Waals surface area contributed by atoms with Crippen molar-refractivity contribution in [1.29, 1.82) is 0 Å². The van der Waals surface area contributed by atoms with Crippen molar-refractivity contribution in [2.24, 2.45) is 0 Å². The highest BCUT2D eigenvalue weighted by Gasteiger charge is 2.37. The number of hydrogen-bond donors (Lipinski definition) is 3. The zero-order valence-corrected chi connectivity index (χ0v) is 13.4. The molecule has 1 aromatic rings. The van der Waals surface area contributed by atoms with Gasteiger partial charge in [-0.1, -0.05) is 12.1 Å². The van der Waals surface area contributed by atoms with Gasteiger partial charge in [0.25, 0.3) is 0 Å². The largest absolute Gasteiger partial charge is 0.480 e. The van der Waals surface area contributed by atoms with E-state index in [0.717, 1.165) is 0 Å². The molecule has 1 heterocycles. The summed E-state index contributed by atoms with van der Waals surface area (Å²) in [5, 5.41) is 9.11. The van der Waals surface area contributed by atoms with Crippen molar-refractivity contribution < 1.29 is 23.1 Å². The number of amides is 1. The van der Waals surface area contributed by atoms with Crippen molar-refractivity contribution >= 4 is 27.6 Å². The Hall–Kier alpha value is -2.13. The molecule has 2 atom stereocenters. The third-order valence-corrected chi connectivity index (χ3v) is 5.35. The lowest BCUT2D eigenvalue weighted by Crippen LogP contribution is -2.50. The topological polar surface area (TPSA) is 130 Å². The summed E-state index contributed by atoms with van der Waals surface area (Å²) in [6, 6.07) is 3.92. The highest BCUT2D eigenvalue weighted by molar-refractivity contribution is 7.89. The second-order valence-electron chi connectivity index (χ2n) is 5.41. The van der Waals surface area contributed by atoms with Crippen molar-refractivity contribution in [2.75, 3.05) is 12.3 Å². The molecule has 1 fully saturated rings. The lowest BCUT2D eigenvalue weighted by Gasteiger charge is -2.25. The molecule has 126 valence electrons. The molecule has 1 aliphatic heterocycles. The number of nitrogen functional groups attached to an aromatic ring is 1. The van der Waals surface area contributed by atoms with Gasteiger partial charge in [0.1, 0.15) is 10.9 Å². The van der Waals surface area contributed by atoms with E-state index in [-0.39, 0.29) is 10.6 Å². The normalized spacial score (nSPS) is 19.5. The molecule has 1 saturated heterocycles. The van der Waals surface area contributed by atoms with E-state index in [9.17, 15) is 18.0 Å². The number of para-hydroxylation sites is 1. The van der Waals surface area contributed by atoms with Gasteiger partial charge in [-0.25, -0.2) is 13.2 Å². The van der Waals surface area contributed by atoms with Crippen LogP contribution >= 0.6 is 0 Å². The van der Waals surface area contributed by atoms with Crippen molar-refractivity contribution in [2.45, 2.75) is 36.7 Å². The Bertz CT molecular complexity index is 719. The van der Waals surface area contributed by atoms with Gasteiger partial charge in [-0.05, 0) is 31.9 Å². The Morgan fingerprint density at radius 3 is 2.65 bits per heavy atom. The Kier molecular flexibility index (Phi) is 4.90. The molecule has 0 bridgehead atoms. The number of nitrogens with zero attached hydrogens (tertiary/aromatic N) is 1. The van der Waals surface area contributed by atoms with Crippen LogP contribution in [-0.2, 0) is 19.6 Å². The van der Waals surface area contributed by atoms with Crippen molar-refractivity contribution in [3.63, 3.8) is 0 Å². The molecule has 4 N–H and O–H groups in total. The van der Waals surface area contributed by atoms with Crippen LogP contribution in [0.5, 0.6) is 0 Å². The maximum atomic E-state index is 12.4. The number of rotatable bonds is 5. The summed E-state index contributed by atoms with van der Waals surface area (Å²) in [6.07, 6.45) is 0.944. The van der Waals surface area contributed by atoms with Crippen molar-refractivity contribution in [1.82, 2.24) is 9.62 Å². The minimum absolute atomic E-state index is 0.0734. The van der Waals surface area contributed by atoms with Crippen LogP contribution in [0.25, 0.3) is 0 Å². The van der Waals surface area contributed by atoms with E-state index in [1.54, 1.807) is 6.07 Å². The summed E-state index contributed by atoms with van der Waals surface area (Å²) in [4.78, 5) is 24.6. The molecule has 0 aliphatic carbocycles. The molecule has 2 rings (SSSR count). The van der Waals surface area contributed by atoms with Crippen LogP contribution in [-0.4, -0.2) is 48.9 Å². The number of nitrogens with one attached hydrogen (secondary N) is 1. The molecule has 9 heteroatoms. The number of carboxylic acids is 1. The van der Waals surface area contributed by atoms with Crippen LogP contribution in [0, 0.1) is 0 Å². The van der Waals surface area contributed by atoms with Crippen LogP contribution in [0.3, 0.4) is 0 Å². The highest BCUT2D eigenvalue weighted by Crippen LogP contribution is 2.20. The summed E-state index contributed by atoms with van der Waals surface area (Å²) in [7, 11) is -3.97. The number of benzene rings is 1. The molecule has 0 unspecified atom stereocenters. The molecule has 0 radical (unpaired) electrons. The summed E-state index contributed by atoms with van der Waals surface area (Å²) in [5.74, 6) is -1.65. The quantitative estimate of drug-likeness (QED) is 0.647. The lowest BCUT2D eigenvalue weighted by molar-refractivity contribution is -0.148. The molecule has 23 heavy (non-hydrogen) atoms. The first kappa shape index (κ1) is 17.2. The van der Waals surface area contributed by atoms with Crippen LogP contribution in [0.4, 0.5) is 5.69 Å². The average molecular weight is 341 g/mol. The number of carboxylic acid groups (broad SMARTS) is 1. The van der Waals surface area contributed by atoms with Gasteiger partial charge < -0.3 is 15.7 Å². The fourth-order valence-electron chi connectivity index (χ4n) is 2.61. The zero-order chi connectivity index (χ0) is 17.2. The lowest BCUT2D eigenvalue weighted by atomic mass is 10.2. The zero-order valence-electron chi connectivity index (χ0n) is 12.6. The minimum atomic E-state index is -3.97. The third-order valence-electron chi connectivity index (χ3n) is 3.73. The Morgan fingerprint density at radius 1 is 1.39 bits per heavy atom. The van der Waals surface area contributed by atoms with E-state index in [4.69, 9.17) is 10.8 Å². The number of carbonyl (C=O) groups excluding carboxylic acids is 1. The number of sulfonamides is 1. The summed E-state index contributed by atoms with van der Waals surface area (Å²) in [5.41, 5.74) is 5.72. The average Bonchev–Trinajstić information content (AvgIpc) is 2.95. The van der Waals surface area contributed by atoms with Gasteiger partial charge >= 0.3 is 5.97 Å².